The number of fused-ring (bicyclic) bond motifs is 1. The summed E-state index contributed by atoms with van der Waals surface area (Å²) in [7, 11) is -3.34. The standard InChI is InChI=1S/C17H24O6S/c1-4-24(22,23)9-17(3,21)11-5-6-12-13(8-11)10(2)7-14(18)16(20)15(12)19/h7,11,21H,4-6,8-9H2,1-3H3,(H2,18,19,20). The lowest BCUT2D eigenvalue weighted by Crippen LogP contribution is -2.44. The Morgan fingerprint density at radius 3 is 2.46 bits per heavy atom. The molecule has 1 aliphatic carbocycles. The molecule has 6 nitrogen and oxygen atoms in total. The van der Waals surface area contributed by atoms with Crippen LogP contribution < -0.4 is 5.43 Å². The van der Waals surface area contributed by atoms with Crippen LogP contribution in [0.15, 0.2) is 10.9 Å². The van der Waals surface area contributed by atoms with Crippen molar-refractivity contribution in [2.24, 2.45) is 5.92 Å². The molecule has 0 saturated heterocycles. The van der Waals surface area contributed by atoms with Crippen LogP contribution in [0, 0.1) is 12.8 Å². The smallest absolute Gasteiger partial charge is 0.224 e. The summed E-state index contributed by atoms with van der Waals surface area (Å²) in [5.41, 5.74) is -0.251. The molecule has 0 heterocycles. The molecule has 0 aliphatic heterocycles. The Labute approximate surface area is 141 Å². The second-order valence-corrected chi connectivity index (χ2v) is 9.17. The summed E-state index contributed by atoms with van der Waals surface area (Å²) < 4.78 is 23.8. The first-order chi connectivity index (χ1) is 11.0. The predicted molar refractivity (Wildman–Crippen MR) is 91.2 cm³/mol. The van der Waals surface area contributed by atoms with Crippen molar-refractivity contribution in [3.8, 4) is 11.5 Å². The van der Waals surface area contributed by atoms with Gasteiger partial charge in [0.05, 0.1) is 11.4 Å². The maximum absolute atomic E-state index is 11.9. The van der Waals surface area contributed by atoms with Crippen molar-refractivity contribution < 1.29 is 23.7 Å². The monoisotopic (exact) mass is 356 g/mol. The fourth-order valence-corrected chi connectivity index (χ4v) is 4.74. The van der Waals surface area contributed by atoms with E-state index >= 15 is 0 Å². The van der Waals surface area contributed by atoms with Gasteiger partial charge < -0.3 is 15.3 Å². The number of rotatable bonds is 4. The summed E-state index contributed by atoms with van der Waals surface area (Å²) in [5.74, 6) is -1.75. The Bertz CT molecular complexity index is 811. The fraction of sp³-hybridized carbons (Fsp3) is 0.588. The van der Waals surface area contributed by atoms with E-state index in [-0.39, 0.29) is 17.4 Å². The van der Waals surface area contributed by atoms with Gasteiger partial charge in [-0.05, 0) is 56.2 Å². The zero-order valence-corrected chi connectivity index (χ0v) is 15.0. The van der Waals surface area contributed by atoms with Gasteiger partial charge in [-0.1, -0.05) is 6.92 Å². The van der Waals surface area contributed by atoms with E-state index in [1.54, 1.807) is 13.8 Å². The Kier molecular flexibility index (Phi) is 4.97. The Balaban J connectivity index is 2.45. The topological polar surface area (TPSA) is 112 Å². The molecule has 1 aromatic carbocycles. The van der Waals surface area contributed by atoms with Crippen LogP contribution in [0.5, 0.6) is 11.5 Å². The number of aliphatic hydroxyl groups is 1. The van der Waals surface area contributed by atoms with Gasteiger partial charge in [0.1, 0.15) is 0 Å². The van der Waals surface area contributed by atoms with Crippen molar-refractivity contribution in [2.45, 2.75) is 45.6 Å². The van der Waals surface area contributed by atoms with Gasteiger partial charge in [-0.3, -0.25) is 4.79 Å². The van der Waals surface area contributed by atoms with E-state index < -0.39 is 32.4 Å². The van der Waals surface area contributed by atoms with Crippen molar-refractivity contribution in [2.75, 3.05) is 11.5 Å². The van der Waals surface area contributed by atoms with Crippen LogP contribution in [0.1, 0.15) is 37.0 Å². The molecular formula is C17H24O6S. The largest absolute Gasteiger partial charge is 0.504 e. The van der Waals surface area contributed by atoms with Crippen LogP contribution in [-0.4, -0.2) is 40.8 Å². The van der Waals surface area contributed by atoms with E-state index in [4.69, 9.17) is 0 Å². The molecule has 2 unspecified atom stereocenters. The lowest BCUT2D eigenvalue weighted by atomic mass is 9.75. The van der Waals surface area contributed by atoms with Crippen LogP contribution in [0.25, 0.3) is 0 Å². The van der Waals surface area contributed by atoms with Gasteiger partial charge in [0.25, 0.3) is 0 Å². The summed E-state index contributed by atoms with van der Waals surface area (Å²) in [6, 6.07) is 1.26. The molecule has 1 aliphatic rings. The van der Waals surface area contributed by atoms with E-state index in [1.165, 1.54) is 13.0 Å². The average molecular weight is 356 g/mol. The normalized spacial score (nSPS) is 20.2. The average Bonchev–Trinajstić information content (AvgIpc) is 2.58. The molecule has 0 aromatic heterocycles. The van der Waals surface area contributed by atoms with Crippen LogP contribution in [0.4, 0.5) is 0 Å². The summed E-state index contributed by atoms with van der Waals surface area (Å²) in [5, 5.41) is 30.6. The Morgan fingerprint density at radius 2 is 1.88 bits per heavy atom. The molecule has 134 valence electrons. The summed E-state index contributed by atoms with van der Waals surface area (Å²) in [6.07, 6.45) is 1.16. The van der Waals surface area contributed by atoms with Gasteiger partial charge in [0.15, 0.2) is 15.6 Å². The van der Waals surface area contributed by atoms with E-state index in [1.807, 2.05) is 0 Å². The molecule has 0 saturated carbocycles. The first-order valence-corrected chi connectivity index (χ1v) is 9.81. The highest BCUT2D eigenvalue weighted by Crippen LogP contribution is 2.39. The highest BCUT2D eigenvalue weighted by atomic mass is 32.2. The quantitative estimate of drug-likeness (QED) is 0.744. The maximum atomic E-state index is 11.9. The molecule has 1 aromatic rings. The SMILES string of the molecule is CCS(=O)(=O)CC(C)(O)C1CCc2c(O)c(O)c(=O)cc(C)c2C1. The number of aromatic hydroxyl groups is 2. The Hall–Kier alpha value is -1.60. The van der Waals surface area contributed by atoms with Crippen molar-refractivity contribution in [3.05, 3.63) is 33.0 Å². The first-order valence-electron chi connectivity index (χ1n) is 7.99. The van der Waals surface area contributed by atoms with Gasteiger partial charge in [-0.15, -0.1) is 0 Å². The van der Waals surface area contributed by atoms with Gasteiger partial charge in [-0.2, -0.15) is 0 Å². The third kappa shape index (κ3) is 3.57. The Morgan fingerprint density at radius 1 is 1.25 bits per heavy atom. The van der Waals surface area contributed by atoms with Gasteiger partial charge in [-0.25, -0.2) is 8.42 Å². The first kappa shape index (κ1) is 18.7. The van der Waals surface area contributed by atoms with Crippen LogP contribution in [-0.2, 0) is 22.7 Å². The molecule has 0 bridgehead atoms. The summed E-state index contributed by atoms with van der Waals surface area (Å²) in [4.78, 5) is 11.8. The maximum Gasteiger partial charge on any atom is 0.224 e. The highest BCUT2D eigenvalue weighted by molar-refractivity contribution is 7.91. The lowest BCUT2D eigenvalue weighted by Gasteiger charge is -2.36. The van der Waals surface area contributed by atoms with Crippen molar-refractivity contribution >= 4 is 9.84 Å². The molecule has 3 N–H and O–H groups in total. The number of sulfone groups is 1. The molecule has 0 amide bonds. The van der Waals surface area contributed by atoms with E-state index in [2.05, 4.69) is 0 Å². The fourth-order valence-electron chi connectivity index (χ4n) is 3.41. The van der Waals surface area contributed by atoms with Crippen molar-refractivity contribution in [1.82, 2.24) is 0 Å². The van der Waals surface area contributed by atoms with Gasteiger partial charge >= 0.3 is 0 Å². The molecule has 24 heavy (non-hydrogen) atoms. The third-order valence-electron chi connectivity index (χ3n) is 4.96. The molecule has 0 fully saturated rings. The van der Waals surface area contributed by atoms with Crippen LogP contribution in [0.3, 0.4) is 0 Å². The zero-order chi connectivity index (χ0) is 18.3. The van der Waals surface area contributed by atoms with E-state index in [9.17, 15) is 28.5 Å². The van der Waals surface area contributed by atoms with Crippen molar-refractivity contribution in [3.63, 3.8) is 0 Å². The molecule has 2 rings (SSSR count). The number of hydrogen-bond donors (Lipinski definition) is 3. The molecule has 2 atom stereocenters. The van der Waals surface area contributed by atoms with E-state index in [0.717, 1.165) is 0 Å². The van der Waals surface area contributed by atoms with Crippen LogP contribution >= 0.6 is 0 Å². The van der Waals surface area contributed by atoms with Crippen molar-refractivity contribution in [1.29, 1.82) is 0 Å². The predicted octanol–water partition coefficient (Wildman–Crippen LogP) is 1.06. The van der Waals surface area contributed by atoms with Gasteiger partial charge in [0.2, 0.25) is 11.2 Å². The minimum atomic E-state index is -3.34. The second kappa shape index (κ2) is 6.37. The van der Waals surface area contributed by atoms with Gasteiger partial charge in [0, 0.05) is 11.3 Å². The van der Waals surface area contributed by atoms with E-state index in [0.29, 0.717) is 36.0 Å². The number of hydrogen-bond acceptors (Lipinski definition) is 6. The third-order valence-corrected chi connectivity index (χ3v) is 6.86. The lowest BCUT2D eigenvalue weighted by molar-refractivity contribution is 0.0140. The number of aryl methyl sites for hydroxylation is 1. The molecule has 0 radical (unpaired) electrons. The summed E-state index contributed by atoms with van der Waals surface area (Å²) >= 11 is 0. The van der Waals surface area contributed by atoms with Crippen LogP contribution in [0.2, 0.25) is 0 Å². The molecule has 7 heteroatoms. The highest BCUT2D eigenvalue weighted by Gasteiger charge is 2.38. The summed E-state index contributed by atoms with van der Waals surface area (Å²) in [6.45, 7) is 4.77. The minimum absolute atomic E-state index is 0.0331. The zero-order valence-electron chi connectivity index (χ0n) is 14.2. The molecule has 0 spiro atoms. The molecular weight excluding hydrogens is 332 g/mol. The second-order valence-electron chi connectivity index (χ2n) is 6.82. The minimum Gasteiger partial charge on any atom is -0.504 e.